The van der Waals surface area contributed by atoms with Gasteiger partial charge in [-0.3, -0.25) is 0 Å². The van der Waals surface area contributed by atoms with Crippen LogP contribution in [0, 0.1) is 0 Å². The normalized spacial score (nSPS) is 10.4. The van der Waals surface area contributed by atoms with E-state index in [0.717, 1.165) is 24.0 Å². The average Bonchev–Trinajstić information content (AvgIpc) is 2.35. The van der Waals surface area contributed by atoms with Gasteiger partial charge in [0.15, 0.2) is 0 Å². The van der Waals surface area contributed by atoms with Crippen molar-refractivity contribution in [3.8, 4) is 11.5 Å². The summed E-state index contributed by atoms with van der Waals surface area (Å²) in [5.74, 6) is 1.33. The Kier molecular flexibility index (Phi) is 5.59. The van der Waals surface area contributed by atoms with Gasteiger partial charge in [-0.05, 0) is 36.5 Å². The molecule has 0 aliphatic rings. The Bertz CT molecular complexity index is 377. The van der Waals surface area contributed by atoms with E-state index in [1.807, 2.05) is 6.07 Å². The maximum absolute atomic E-state index is 8.89. The summed E-state index contributed by atoms with van der Waals surface area (Å²) in [4.78, 5) is 0. The molecule has 0 unspecified atom stereocenters. The van der Waals surface area contributed by atoms with Crippen LogP contribution in [0.4, 0.5) is 0 Å². The van der Waals surface area contributed by atoms with Crippen molar-refractivity contribution in [2.75, 3.05) is 20.8 Å². The molecule has 3 nitrogen and oxygen atoms in total. The second kappa shape index (κ2) is 6.72. The number of aliphatic hydroxyl groups excluding tert-OH is 1. The number of hydrogen-bond acceptors (Lipinski definition) is 3. The minimum absolute atomic E-state index is 0.161. The number of rotatable bonds is 6. The van der Waals surface area contributed by atoms with Crippen LogP contribution in [0.5, 0.6) is 11.5 Å². The second-order valence-electron chi connectivity index (χ2n) is 3.76. The fourth-order valence-corrected chi connectivity index (χ4v) is 2.28. The molecule has 0 bridgehead atoms. The third-order valence-electron chi connectivity index (χ3n) is 2.72. The van der Waals surface area contributed by atoms with E-state index in [0.29, 0.717) is 22.9 Å². The van der Waals surface area contributed by atoms with Gasteiger partial charge in [-0.25, -0.2) is 0 Å². The zero-order valence-corrected chi connectivity index (χ0v) is 11.3. The molecule has 0 saturated carbocycles. The Morgan fingerprint density at radius 2 is 1.76 bits per heavy atom. The molecule has 96 valence electrons. The van der Waals surface area contributed by atoms with Gasteiger partial charge in [-0.15, -0.1) is 0 Å². The van der Waals surface area contributed by atoms with E-state index in [2.05, 4.69) is 6.92 Å². The highest BCUT2D eigenvalue weighted by atomic mass is 35.5. The summed E-state index contributed by atoms with van der Waals surface area (Å²) in [7, 11) is 3.20. The van der Waals surface area contributed by atoms with E-state index in [1.165, 1.54) is 0 Å². The molecule has 1 rings (SSSR count). The lowest BCUT2D eigenvalue weighted by molar-refractivity contribution is 0.287. The van der Waals surface area contributed by atoms with Gasteiger partial charge in [-0.1, -0.05) is 18.5 Å². The zero-order valence-electron chi connectivity index (χ0n) is 10.5. The molecule has 0 amide bonds. The Labute approximate surface area is 107 Å². The third kappa shape index (κ3) is 3.05. The summed E-state index contributed by atoms with van der Waals surface area (Å²) >= 11 is 6.26. The molecule has 1 aromatic rings. The van der Waals surface area contributed by atoms with E-state index in [-0.39, 0.29) is 6.61 Å². The van der Waals surface area contributed by atoms with Crippen LogP contribution in [0.1, 0.15) is 24.5 Å². The fraction of sp³-hybridized carbons (Fsp3) is 0.538. The SMILES string of the molecule is CCc1cc(CCCO)c(OC)c(Cl)c1OC. The summed E-state index contributed by atoms with van der Waals surface area (Å²) < 4.78 is 10.6. The van der Waals surface area contributed by atoms with Crippen LogP contribution < -0.4 is 9.47 Å². The molecular weight excluding hydrogens is 240 g/mol. The standard InChI is InChI=1S/C13H19ClO3/c1-4-9-8-10(6-5-7-15)13(17-3)11(14)12(9)16-2/h8,15H,4-7H2,1-3H3. The van der Waals surface area contributed by atoms with E-state index >= 15 is 0 Å². The Morgan fingerprint density at radius 1 is 1.18 bits per heavy atom. The highest BCUT2D eigenvalue weighted by molar-refractivity contribution is 6.33. The molecule has 0 aromatic heterocycles. The molecule has 0 aliphatic heterocycles. The van der Waals surface area contributed by atoms with Crippen molar-refractivity contribution in [1.82, 2.24) is 0 Å². The van der Waals surface area contributed by atoms with Gasteiger partial charge in [0.05, 0.1) is 14.2 Å². The topological polar surface area (TPSA) is 38.7 Å². The first-order chi connectivity index (χ1) is 8.19. The number of halogens is 1. The van der Waals surface area contributed by atoms with Gasteiger partial charge in [-0.2, -0.15) is 0 Å². The number of aryl methyl sites for hydroxylation is 2. The molecule has 0 radical (unpaired) electrons. The van der Waals surface area contributed by atoms with Crippen molar-refractivity contribution < 1.29 is 14.6 Å². The van der Waals surface area contributed by atoms with E-state index in [4.69, 9.17) is 26.2 Å². The number of ether oxygens (including phenoxy) is 2. The first kappa shape index (κ1) is 14.1. The fourth-order valence-electron chi connectivity index (χ4n) is 1.89. The van der Waals surface area contributed by atoms with Crippen molar-refractivity contribution >= 4 is 11.6 Å². The van der Waals surface area contributed by atoms with Crippen LogP contribution in [-0.2, 0) is 12.8 Å². The predicted molar refractivity (Wildman–Crippen MR) is 69.3 cm³/mol. The molecule has 17 heavy (non-hydrogen) atoms. The molecule has 0 saturated heterocycles. The van der Waals surface area contributed by atoms with Gasteiger partial charge < -0.3 is 14.6 Å². The van der Waals surface area contributed by atoms with Crippen LogP contribution in [0.2, 0.25) is 5.02 Å². The smallest absolute Gasteiger partial charge is 0.144 e. The molecule has 1 aromatic carbocycles. The van der Waals surface area contributed by atoms with Crippen LogP contribution in [-0.4, -0.2) is 25.9 Å². The van der Waals surface area contributed by atoms with Crippen LogP contribution in [0.15, 0.2) is 6.07 Å². The molecule has 0 heterocycles. The van der Waals surface area contributed by atoms with Crippen LogP contribution >= 0.6 is 11.6 Å². The highest BCUT2D eigenvalue weighted by Crippen LogP contribution is 2.40. The van der Waals surface area contributed by atoms with Gasteiger partial charge in [0, 0.05) is 6.61 Å². The summed E-state index contributed by atoms with van der Waals surface area (Å²) in [5, 5.41) is 9.41. The lowest BCUT2D eigenvalue weighted by Crippen LogP contribution is -2.00. The molecule has 0 atom stereocenters. The largest absolute Gasteiger partial charge is 0.495 e. The zero-order chi connectivity index (χ0) is 12.8. The minimum Gasteiger partial charge on any atom is -0.495 e. The Hall–Kier alpha value is -0.930. The average molecular weight is 259 g/mol. The van der Waals surface area contributed by atoms with Crippen LogP contribution in [0.3, 0.4) is 0 Å². The predicted octanol–water partition coefficient (Wildman–Crippen LogP) is 2.84. The minimum atomic E-state index is 0.161. The summed E-state index contributed by atoms with van der Waals surface area (Å²) in [6, 6.07) is 2.04. The highest BCUT2D eigenvalue weighted by Gasteiger charge is 2.16. The monoisotopic (exact) mass is 258 g/mol. The van der Waals surface area contributed by atoms with Gasteiger partial charge in [0.1, 0.15) is 16.5 Å². The summed E-state index contributed by atoms with van der Waals surface area (Å²) in [6.45, 7) is 2.21. The number of aliphatic hydroxyl groups is 1. The lowest BCUT2D eigenvalue weighted by atomic mass is 10.0. The first-order valence-electron chi connectivity index (χ1n) is 5.72. The van der Waals surface area contributed by atoms with E-state index in [1.54, 1.807) is 14.2 Å². The molecule has 0 aliphatic carbocycles. The van der Waals surface area contributed by atoms with Crippen LogP contribution in [0.25, 0.3) is 0 Å². The molecule has 1 N–H and O–H groups in total. The first-order valence-corrected chi connectivity index (χ1v) is 6.10. The van der Waals surface area contributed by atoms with Crippen molar-refractivity contribution in [3.63, 3.8) is 0 Å². The number of methoxy groups -OCH3 is 2. The van der Waals surface area contributed by atoms with Gasteiger partial charge in [0.2, 0.25) is 0 Å². The maximum atomic E-state index is 8.89. The van der Waals surface area contributed by atoms with Gasteiger partial charge >= 0.3 is 0 Å². The van der Waals surface area contributed by atoms with Crippen molar-refractivity contribution in [2.24, 2.45) is 0 Å². The molecular formula is C13H19ClO3. The van der Waals surface area contributed by atoms with E-state index < -0.39 is 0 Å². The molecule has 0 fully saturated rings. The number of hydrogen-bond donors (Lipinski definition) is 1. The summed E-state index contributed by atoms with van der Waals surface area (Å²) in [6.07, 6.45) is 2.29. The van der Waals surface area contributed by atoms with Gasteiger partial charge in [0.25, 0.3) is 0 Å². The summed E-state index contributed by atoms with van der Waals surface area (Å²) in [5.41, 5.74) is 2.08. The Morgan fingerprint density at radius 3 is 2.24 bits per heavy atom. The van der Waals surface area contributed by atoms with Crippen molar-refractivity contribution in [2.45, 2.75) is 26.2 Å². The maximum Gasteiger partial charge on any atom is 0.144 e. The second-order valence-corrected chi connectivity index (χ2v) is 4.13. The Balaban J connectivity index is 3.24. The van der Waals surface area contributed by atoms with Crippen molar-refractivity contribution in [1.29, 1.82) is 0 Å². The quantitative estimate of drug-likeness (QED) is 0.853. The lowest BCUT2D eigenvalue weighted by Gasteiger charge is -2.16. The molecule has 4 heteroatoms. The third-order valence-corrected chi connectivity index (χ3v) is 3.07. The van der Waals surface area contributed by atoms with Crippen molar-refractivity contribution in [3.05, 3.63) is 22.2 Å². The molecule has 0 spiro atoms. The number of benzene rings is 1. The van der Waals surface area contributed by atoms with E-state index in [9.17, 15) is 0 Å².